The maximum Gasteiger partial charge on any atom is 0.235 e. The Labute approximate surface area is 264 Å². The van der Waals surface area contributed by atoms with Crippen molar-refractivity contribution >= 4 is 65.3 Å². The lowest BCUT2D eigenvalue weighted by Gasteiger charge is -2.13. The summed E-state index contributed by atoms with van der Waals surface area (Å²) in [5, 5.41) is 8.16. The first kappa shape index (κ1) is 25.1. The van der Waals surface area contributed by atoms with Crippen molar-refractivity contribution in [2.24, 2.45) is 0 Å². The van der Waals surface area contributed by atoms with Crippen molar-refractivity contribution in [3.05, 3.63) is 158 Å². The van der Waals surface area contributed by atoms with Crippen LogP contribution < -0.4 is 0 Å². The number of benzene rings is 7. The summed E-state index contributed by atoms with van der Waals surface area (Å²) < 4.78 is 4.66. The quantitative estimate of drug-likeness (QED) is 0.206. The molecule has 0 N–H and O–H groups in total. The number of fused-ring (bicyclic) bond motifs is 9. The van der Waals surface area contributed by atoms with Gasteiger partial charge < -0.3 is 4.57 Å². The Morgan fingerprint density at radius 1 is 0.391 bits per heavy atom. The average molecular weight is 587 g/mol. The molecule has 0 aliphatic carbocycles. The molecule has 7 aromatic carbocycles. The highest BCUT2D eigenvalue weighted by atomic mass is 15.2. The molecule has 214 valence electrons. The number of nitrogens with zero attached hydrogens (tertiary/aromatic N) is 4. The zero-order valence-corrected chi connectivity index (χ0v) is 24.8. The molecule has 3 heterocycles. The van der Waals surface area contributed by atoms with Crippen LogP contribution in [0.3, 0.4) is 0 Å². The number of hydrogen-bond donors (Lipinski definition) is 0. The van der Waals surface area contributed by atoms with Gasteiger partial charge in [0.2, 0.25) is 5.95 Å². The summed E-state index contributed by atoms with van der Waals surface area (Å²) in [4.78, 5) is 10.7. The van der Waals surface area contributed by atoms with Gasteiger partial charge in [-0.3, -0.25) is 4.57 Å². The summed E-state index contributed by atoms with van der Waals surface area (Å²) in [5.41, 5.74) is 8.61. The molecule has 0 saturated heterocycles. The first-order chi connectivity index (χ1) is 22.8. The summed E-state index contributed by atoms with van der Waals surface area (Å²) in [5.74, 6) is 0.664. The molecule has 3 aromatic heterocycles. The highest BCUT2D eigenvalue weighted by Gasteiger charge is 2.23. The van der Waals surface area contributed by atoms with Gasteiger partial charge in [0.25, 0.3) is 0 Å². The zero-order valence-electron chi connectivity index (χ0n) is 24.8. The maximum atomic E-state index is 5.46. The molecular formula is C42H26N4. The van der Waals surface area contributed by atoms with Gasteiger partial charge in [0.05, 0.1) is 33.3 Å². The van der Waals surface area contributed by atoms with Crippen LogP contribution in [0.1, 0.15) is 0 Å². The molecule has 10 aromatic rings. The summed E-state index contributed by atoms with van der Waals surface area (Å²) in [6.07, 6.45) is 0. The SMILES string of the molecule is c1ccc(-n2c3ccccc3c3c2ccc2c4ccccc4n(-c4nc(-c5cccc6ccccc56)c5ccccc5n4)c23)cc1. The van der Waals surface area contributed by atoms with E-state index in [1.807, 2.05) is 0 Å². The van der Waals surface area contributed by atoms with E-state index in [-0.39, 0.29) is 0 Å². The predicted molar refractivity (Wildman–Crippen MR) is 191 cm³/mol. The Balaban J connectivity index is 1.39. The van der Waals surface area contributed by atoms with E-state index in [9.17, 15) is 0 Å². The average Bonchev–Trinajstić information content (AvgIpc) is 3.64. The van der Waals surface area contributed by atoms with E-state index in [2.05, 4.69) is 167 Å². The maximum absolute atomic E-state index is 5.46. The van der Waals surface area contributed by atoms with Crippen LogP contribution >= 0.6 is 0 Å². The lowest BCUT2D eigenvalue weighted by Crippen LogP contribution is -2.04. The van der Waals surface area contributed by atoms with Crippen LogP contribution in [-0.4, -0.2) is 19.1 Å². The minimum absolute atomic E-state index is 0.664. The van der Waals surface area contributed by atoms with Crippen molar-refractivity contribution in [3.63, 3.8) is 0 Å². The topological polar surface area (TPSA) is 35.6 Å². The molecule has 0 amide bonds. The first-order valence-electron chi connectivity index (χ1n) is 15.6. The predicted octanol–water partition coefficient (Wildman–Crippen LogP) is 10.6. The minimum Gasteiger partial charge on any atom is -0.309 e. The molecule has 0 atom stereocenters. The van der Waals surface area contributed by atoms with Gasteiger partial charge in [-0.2, -0.15) is 0 Å². The molecule has 0 aliphatic heterocycles. The van der Waals surface area contributed by atoms with Crippen LogP contribution in [0.25, 0.3) is 88.2 Å². The Morgan fingerprint density at radius 3 is 1.89 bits per heavy atom. The van der Waals surface area contributed by atoms with Crippen molar-refractivity contribution in [1.29, 1.82) is 0 Å². The lowest BCUT2D eigenvalue weighted by molar-refractivity contribution is 1.02. The summed E-state index contributed by atoms with van der Waals surface area (Å²) in [6, 6.07) is 55.8. The summed E-state index contributed by atoms with van der Waals surface area (Å²) >= 11 is 0. The number of aromatic nitrogens is 4. The molecule has 0 fully saturated rings. The van der Waals surface area contributed by atoms with Crippen molar-refractivity contribution in [2.45, 2.75) is 0 Å². The van der Waals surface area contributed by atoms with Gasteiger partial charge in [0.1, 0.15) is 0 Å². The van der Waals surface area contributed by atoms with Crippen LogP contribution in [0.2, 0.25) is 0 Å². The molecule has 0 saturated carbocycles. The largest absolute Gasteiger partial charge is 0.309 e. The van der Waals surface area contributed by atoms with Crippen molar-refractivity contribution in [2.75, 3.05) is 0 Å². The Kier molecular flexibility index (Phi) is 5.25. The molecule has 4 heteroatoms. The van der Waals surface area contributed by atoms with Gasteiger partial charge >= 0.3 is 0 Å². The second kappa shape index (κ2) is 9.62. The second-order valence-electron chi connectivity index (χ2n) is 11.8. The second-order valence-corrected chi connectivity index (χ2v) is 11.8. The van der Waals surface area contributed by atoms with Gasteiger partial charge in [0, 0.05) is 38.2 Å². The van der Waals surface area contributed by atoms with Crippen molar-refractivity contribution in [3.8, 4) is 22.9 Å². The molecule has 0 spiro atoms. The Bertz CT molecular complexity index is 2800. The van der Waals surface area contributed by atoms with E-state index >= 15 is 0 Å². The summed E-state index contributed by atoms with van der Waals surface area (Å²) in [6.45, 7) is 0. The Morgan fingerprint density at radius 2 is 1.04 bits per heavy atom. The highest BCUT2D eigenvalue weighted by molar-refractivity contribution is 6.26. The highest BCUT2D eigenvalue weighted by Crippen LogP contribution is 2.42. The molecule has 4 nitrogen and oxygen atoms in total. The van der Waals surface area contributed by atoms with Crippen molar-refractivity contribution < 1.29 is 0 Å². The van der Waals surface area contributed by atoms with Gasteiger partial charge in [0.15, 0.2) is 0 Å². The van der Waals surface area contributed by atoms with Gasteiger partial charge in [-0.05, 0) is 47.2 Å². The fourth-order valence-electron chi connectivity index (χ4n) is 7.37. The fraction of sp³-hybridized carbons (Fsp3) is 0. The zero-order chi connectivity index (χ0) is 30.2. The van der Waals surface area contributed by atoms with E-state index in [1.165, 1.54) is 37.8 Å². The molecular weight excluding hydrogens is 560 g/mol. The molecule has 0 radical (unpaired) electrons. The molecule has 0 aliphatic rings. The van der Waals surface area contributed by atoms with E-state index in [4.69, 9.17) is 9.97 Å². The Hall–Kier alpha value is -6.26. The normalized spacial score (nSPS) is 11.9. The third-order valence-corrected chi connectivity index (χ3v) is 9.32. The summed E-state index contributed by atoms with van der Waals surface area (Å²) in [7, 11) is 0. The smallest absolute Gasteiger partial charge is 0.235 e. The lowest BCUT2D eigenvalue weighted by atomic mass is 9.99. The van der Waals surface area contributed by atoms with Gasteiger partial charge in [-0.1, -0.05) is 121 Å². The fourth-order valence-corrected chi connectivity index (χ4v) is 7.37. The molecule has 10 rings (SSSR count). The number of para-hydroxylation sites is 4. The molecule has 0 bridgehead atoms. The molecule has 46 heavy (non-hydrogen) atoms. The van der Waals surface area contributed by atoms with Crippen molar-refractivity contribution in [1.82, 2.24) is 19.1 Å². The third kappa shape index (κ3) is 3.49. The standard InChI is InChI=1S/C42H26N4/c1-2-15-28(16-3-1)45-37-24-11-8-20-34(37)39-38(45)26-25-32-30-18-7-10-23-36(30)46(41(32)39)42-43-35-22-9-6-19-33(35)40(44-42)31-21-12-14-27-13-4-5-17-29(27)31/h1-26H. The number of rotatable bonds is 3. The first-order valence-corrected chi connectivity index (χ1v) is 15.6. The third-order valence-electron chi connectivity index (χ3n) is 9.32. The van der Waals surface area contributed by atoms with Crippen LogP contribution in [0.15, 0.2) is 158 Å². The van der Waals surface area contributed by atoms with Gasteiger partial charge in [-0.15, -0.1) is 0 Å². The van der Waals surface area contributed by atoms with E-state index < -0.39 is 0 Å². The van der Waals surface area contributed by atoms with Crippen LogP contribution in [0, 0.1) is 0 Å². The van der Waals surface area contributed by atoms with E-state index in [1.54, 1.807) is 0 Å². The van der Waals surface area contributed by atoms with E-state index in [0.717, 1.165) is 44.4 Å². The molecule has 0 unspecified atom stereocenters. The van der Waals surface area contributed by atoms with Crippen LogP contribution in [0.4, 0.5) is 0 Å². The monoisotopic (exact) mass is 586 g/mol. The number of hydrogen-bond acceptors (Lipinski definition) is 2. The van der Waals surface area contributed by atoms with Crippen LogP contribution in [0.5, 0.6) is 0 Å². The van der Waals surface area contributed by atoms with Gasteiger partial charge in [-0.25, -0.2) is 9.97 Å². The van der Waals surface area contributed by atoms with Crippen LogP contribution in [-0.2, 0) is 0 Å². The minimum atomic E-state index is 0.664. The van der Waals surface area contributed by atoms with E-state index in [0.29, 0.717) is 5.95 Å².